The van der Waals surface area contributed by atoms with E-state index in [4.69, 9.17) is 22.0 Å². The van der Waals surface area contributed by atoms with Crippen LogP contribution in [0.3, 0.4) is 0 Å². The van der Waals surface area contributed by atoms with E-state index in [9.17, 15) is 0 Å². The van der Waals surface area contributed by atoms with E-state index in [0.717, 1.165) is 22.3 Å². The van der Waals surface area contributed by atoms with E-state index < -0.39 is 0 Å². The molecule has 2 aromatic carbocycles. The number of anilines is 2. The first-order valence-corrected chi connectivity index (χ1v) is 6.54. The predicted molar refractivity (Wildman–Crippen MR) is 83.4 cm³/mol. The minimum Gasteiger partial charge on any atom is -0.398 e. The van der Waals surface area contributed by atoms with E-state index in [1.54, 1.807) is 0 Å². The first kappa shape index (κ1) is 14.4. The molecule has 0 aliphatic carbocycles. The summed E-state index contributed by atoms with van der Waals surface area (Å²) < 4.78 is 0. The van der Waals surface area contributed by atoms with Crippen molar-refractivity contribution in [3.63, 3.8) is 0 Å². The molecule has 0 amide bonds. The van der Waals surface area contributed by atoms with E-state index in [0.29, 0.717) is 28.9 Å². The molecule has 0 aromatic heterocycles. The van der Waals surface area contributed by atoms with Gasteiger partial charge in [0, 0.05) is 11.4 Å². The Labute approximate surface area is 124 Å². The van der Waals surface area contributed by atoms with Crippen LogP contribution >= 0.6 is 0 Å². The first-order chi connectivity index (χ1) is 9.96. The molecule has 104 valence electrons. The summed E-state index contributed by atoms with van der Waals surface area (Å²) in [6.45, 7) is 3.93. The Hall–Kier alpha value is -2.98. The van der Waals surface area contributed by atoms with E-state index in [2.05, 4.69) is 12.1 Å². The summed E-state index contributed by atoms with van der Waals surface area (Å²) in [7, 11) is 0. The van der Waals surface area contributed by atoms with Crippen LogP contribution in [0.5, 0.6) is 0 Å². The van der Waals surface area contributed by atoms with E-state index in [1.807, 2.05) is 38.1 Å². The maximum Gasteiger partial charge on any atom is 0.101 e. The van der Waals surface area contributed by atoms with Crippen molar-refractivity contribution in [2.24, 2.45) is 0 Å². The van der Waals surface area contributed by atoms with Crippen LogP contribution in [0.4, 0.5) is 11.4 Å². The molecule has 0 aliphatic rings. The zero-order chi connectivity index (χ0) is 15.6. The normalized spacial score (nSPS) is 9.90. The molecule has 0 saturated carbocycles. The largest absolute Gasteiger partial charge is 0.398 e. The molecule has 0 aliphatic heterocycles. The number of nitrogens with zero attached hydrogens (tertiary/aromatic N) is 2. The Kier molecular flexibility index (Phi) is 3.82. The van der Waals surface area contributed by atoms with Crippen LogP contribution in [-0.2, 0) is 6.42 Å². The van der Waals surface area contributed by atoms with Gasteiger partial charge in [-0.05, 0) is 66.8 Å². The van der Waals surface area contributed by atoms with Gasteiger partial charge in [-0.1, -0.05) is 0 Å². The van der Waals surface area contributed by atoms with Crippen molar-refractivity contribution >= 4 is 11.4 Å². The maximum absolute atomic E-state index is 9.08. The molecule has 0 fully saturated rings. The molecule has 4 N–H and O–H groups in total. The average molecular weight is 276 g/mol. The molecule has 0 radical (unpaired) electrons. The fourth-order valence-electron chi connectivity index (χ4n) is 2.33. The molecule has 0 unspecified atom stereocenters. The number of rotatable bonds is 2. The summed E-state index contributed by atoms with van der Waals surface area (Å²) in [4.78, 5) is 0. The number of benzene rings is 2. The number of nitrogens with two attached hydrogens (primary N) is 2. The Morgan fingerprint density at radius 1 is 0.810 bits per heavy atom. The lowest BCUT2D eigenvalue weighted by atomic mass is 9.93. The van der Waals surface area contributed by atoms with E-state index in [1.165, 1.54) is 0 Å². The Bertz CT molecular complexity index is 724. The SMILES string of the molecule is Cc1cc(N)c(C#N)cc1Cc1cc(C#N)c(N)cc1C. The summed E-state index contributed by atoms with van der Waals surface area (Å²) in [6.07, 6.45) is 0.640. The van der Waals surface area contributed by atoms with Gasteiger partial charge in [0.15, 0.2) is 0 Å². The van der Waals surface area contributed by atoms with Crippen LogP contribution < -0.4 is 11.5 Å². The van der Waals surface area contributed by atoms with Crippen LogP contribution in [-0.4, -0.2) is 0 Å². The number of hydrogen-bond acceptors (Lipinski definition) is 4. The van der Waals surface area contributed by atoms with Gasteiger partial charge >= 0.3 is 0 Å². The monoisotopic (exact) mass is 276 g/mol. The molecule has 0 bridgehead atoms. The molecular weight excluding hydrogens is 260 g/mol. The smallest absolute Gasteiger partial charge is 0.101 e. The third kappa shape index (κ3) is 2.80. The number of aryl methyl sites for hydroxylation is 2. The quantitative estimate of drug-likeness (QED) is 0.824. The van der Waals surface area contributed by atoms with Crippen LogP contribution in [0.1, 0.15) is 33.4 Å². The van der Waals surface area contributed by atoms with Gasteiger partial charge in [0.25, 0.3) is 0 Å². The second kappa shape index (κ2) is 5.56. The molecule has 0 atom stereocenters. The highest BCUT2D eigenvalue weighted by molar-refractivity contribution is 5.60. The van der Waals surface area contributed by atoms with Crippen molar-refractivity contribution < 1.29 is 0 Å². The van der Waals surface area contributed by atoms with Crippen molar-refractivity contribution in [1.29, 1.82) is 10.5 Å². The van der Waals surface area contributed by atoms with Crippen molar-refractivity contribution in [1.82, 2.24) is 0 Å². The molecule has 2 rings (SSSR count). The molecule has 2 aromatic rings. The van der Waals surface area contributed by atoms with Gasteiger partial charge in [0.1, 0.15) is 12.1 Å². The van der Waals surface area contributed by atoms with Crippen LogP contribution in [0.2, 0.25) is 0 Å². The lowest BCUT2D eigenvalue weighted by Crippen LogP contribution is -2.01. The second-order valence-corrected chi connectivity index (χ2v) is 5.13. The third-order valence-corrected chi connectivity index (χ3v) is 3.64. The van der Waals surface area contributed by atoms with Crippen molar-refractivity contribution in [2.75, 3.05) is 11.5 Å². The maximum atomic E-state index is 9.08. The minimum atomic E-state index is 0.476. The lowest BCUT2D eigenvalue weighted by molar-refractivity contribution is 1.12. The third-order valence-electron chi connectivity index (χ3n) is 3.64. The Morgan fingerprint density at radius 2 is 1.19 bits per heavy atom. The standard InChI is InChI=1S/C17H16N4/c1-10-3-16(20)14(8-18)6-12(10)5-13-7-15(9-19)17(21)4-11(13)2/h3-4,6-7H,5,20-21H2,1-2H3. The van der Waals surface area contributed by atoms with Crippen molar-refractivity contribution in [2.45, 2.75) is 20.3 Å². The highest BCUT2D eigenvalue weighted by Gasteiger charge is 2.10. The highest BCUT2D eigenvalue weighted by atomic mass is 14.6. The van der Waals surface area contributed by atoms with Crippen LogP contribution in [0.25, 0.3) is 0 Å². The zero-order valence-corrected chi connectivity index (χ0v) is 12.1. The van der Waals surface area contributed by atoms with Gasteiger partial charge in [-0.25, -0.2) is 0 Å². The fraction of sp³-hybridized carbons (Fsp3) is 0.176. The van der Waals surface area contributed by atoms with Crippen molar-refractivity contribution in [3.8, 4) is 12.1 Å². The highest BCUT2D eigenvalue weighted by Crippen LogP contribution is 2.24. The summed E-state index contributed by atoms with van der Waals surface area (Å²) in [5.74, 6) is 0. The first-order valence-electron chi connectivity index (χ1n) is 6.54. The van der Waals surface area contributed by atoms with Gasteiger partial charge < -0.3 is 11.5 Å². The molecule has 4 heteroatoms. The molecule has 0 heterocycles. The minimum absolute atomic E-state index is 0.476. The van der Waals surface area contributed by atoms with E-state index >= 15 is 0 Å². The second-order valence-electron chi connectivity index (χ2n) is 5.13. The fourth-order valence-corrected chi connectivity index (χ4v) is 2.33. The Morgan fingerprint density at radius 3 is 1.52 bits per heavy atom. The van der Waals surface area contributed by atoms with Gasteiger partial charge in [-0.2, -0.15) is 10.5 Å². The van der Waals surface area contributed by atoms with Crippen LogP contribution in [0.15, 0.2) is 24.3 Å². The summed E-state index contributed by atoms with van der Waals surface area (Å²) in [5.41, 5.74) is 17.7. The van der Waals surface area contributed by atoms with Gasteiger partial charge in [0.05, 0.1) is 11.1 Å². The lowest BCUT2D eigenvalue weighted by Gasteiger charge is -2.12. The molecule has 21 heavy (non-hydrogen) atoms. The Balaban J connectivity index is 2.49. The molecule has 0 spiro atoms. The van der Waals surface area contributed by atoms with E-state index in [-0.39, 0.29) is 0 Å². The molecular formula is C17H16N4. The van der Waals surface area contributed by atoms with Gasteiger partial charge in [-0.3, -0.25) is 0 Å². The number of hydrogen-bond donors (Lipinski definition) is 2. The summed E-state index contributed by atoms with van der Waals surface area (Å²) in [6, 6.07) is 11.4. The molecule has 4 nitrogen and oxygen atoms in total. The summed E-state index contributed by atoms with van der Waals surface area (Å²) >= 11 is 0. The average Bonchev–Trinajstić information content (AvgIpc) is 2.44. The van der Waals surface area contributed by atoms with Gasteiger partial charge in [-0.15, -0.1) is 0 Å². The molecule has 0 saturated heterocycles. The number of nitriles is 2. The predicted octanol–water partition coefficient (Wildman–Crippen LogP) is 2.80. The zero-order valence-electron chi connectivity index (χ0n) is 12.1. The topological polar surface area (TPSA) is 99.6 Å². The number of nitrogen functional groups attached to an aromatic ring is 2. The van der Waals surface area contributed by atoms with Crippen molar-refractivity contribution in [3.05, 3.63) is 57.6 Å². The van der Waals surface area contributed by atoms with Crippen LogP contribution in [0, 0.1) is 36.5 Å². The summed E-state index contributed by atoms with van der Waals surface area (Å²) in [5, 5.41) is 18.2. The van der Waals surface area contributed by atoms with Gasteiger partial charge in [0.2, 0.25) is 0 Å².